The zero-order chi connectivity index (χ0) is 54.7. The number of carbonyl (C=O) groups is 5. The molecular formula is C58H80N6O12. The molecule has 6 N–H and O–H groups in total. The van der Waals surface area contributed by atoms with Crippen LogP contribution in [0.1, 0.15) is 114 Å². The van der Waals surface area contributed by atoms with E-state index in [1.807, 2.05) is 125 Å². The van der Waals surface area contributed by atoms with Crippen LogP contribution in [0.3, 0.4) is 0 Å². The number of hydrogen-bond donors (Lipinski definition) is 6. The minimum absolute atomic E-state index is 0.138. The summed E-state index contributed by atoms with van der Waals surface area (Å²) in [6.45, 7) is 10.2. The molecule has 0 aromatic heterocycles. The van der Waals surface area contributed by atoms with E-state index in [4.69, 9.17) is 28.8 Å². The number of carbonyl (C=O) groups excluding carboxylic acids is 4. The molecule has 4 unspecified atom stereocenters. The first-order valence-corrected chi connectivity index (χ1v) is 26.3. The molecule has 6 atom stereocenters. The van der Waals surface area contributed by atoms with Crippen LogP contribution < -0.4 is 26.6 Å². The van der Waals surface area contributed by atoms with E-state index in [1.54, 1.807) is 24.1 Å². The Morgan fingerprint density at radius 2 is 1.14 bits per heavy atom. The van der Waals surface area contributed by atoms with Gasteiger partial charge in [0.2, 0.25) is 0 Å². The summed E-state index contributed by atoms with van der Waals surface area (Å²) in [6, 6.07) is 33.9. The Balaban J connectivity index is 0.000000287. The van der Waals surface area contributed by atoms with Crippen molar-refractivity contribution < 1.29 is 57.5 Å². The summed E-state index contributed by atoms with van der Waals surface area (Å²) in [4.78, 5) is 62.9. The van der Waals surface area contributed by atoms with Crippen molar-refractivity contribution in [2.24, 2.45) is 11.8 Å². The highest BCUT2D eigenvalue weighted by Gasteiger charge is 2.29. The summed E-state index contributed by atoms with van der Waals surface area (Å²) in [6.07, 6.45) is 3.01. The SMILES string of the molecule is CN[C@@H](CNC(=O)c1cccc(C(OCCNC(=O)O)c2ccccc2)c1)C[C@H]1CCCOC1.COC(=O)NCCOC(c1ccccc1)c1cccc(C(=O)NCC(CC2CCCOC2)N(C)C(=O)OC(C)(C)C)c1. The van der Waals surface area contributed by atoms with Gasteiger partial charge in [-0.1, -0.05) is 84.9 Å². The standard InChI is InChI=1S/C32H45N3O7.C26H35N3O5/c1-32(2,3)42-31(38)35(4)27(19-23-11-10-17-40-22-23)21-34-29(36)26-15-9-14-25(20-26)28(24-12-7-6-8-13-24)41-18-16-33-30(37)39-5;1-27-23(15-19-7-6-13-33-18-19)17-29-25(30)22-11-5-10-21(16-22)24(20-8-3-2-4-9-20)34-14-12-28-26(31)32/h6-9,12-15,20,23,27-28H,10-11,16-19,21-22H2,1-5H3,(H,33,37)(H,34,36);2-5,8-11,16,19,23-24,27-28H,6-7,12-15,17-18H2,1H3,(H,29,30)(H,31,32)/t;19-,23-,24?/m.1/s1. The summed E-state index contributed by atoms with van der Waals surface area (Å²) in [5.41, 5.74) is 3.89. The Morgan fingerprint density at radius 3 is 1.61 bits per heavy atom. The Kier molecular flexibility index (Phi) is 25.5. The minimum Gasteiger partial charge on any atom is -0.465 e. The van der Waals surface area contributed by atoms with Gasteiger partial charge in [-0.05, 0) is 125 Å². The third-order valence-electron chi connectivity index (χ3n) is 13.0. The number of amides is 5. The van der Waals surface area contributed by atoms with Crippen molar-refractivity contribution in [2.45, 2.75) is 89.2 Å². The van der Waals surface area contributed by atoms with E-state index >= 15 is 0 Å². The van der Waals surface area contributed by atoms with Crippen molar-refractivity contribution in [1.82, 2.24) is 31.5 Å². The van der Waals surface area contributed by atoms with Crippen LogP contribution in [-0.2, 0) is 28.4 Å². The van der Waals surface area contributed by atoms with E-state index in [-0.39, 0.29) is 56.7 Å². The van der Waals surface area contributed by atoms with E-state index in [9.17, 15) is 24.0 Å². The van der Waals surface area contributed by atoms with Gasteiger partial charge in [-0.3, -0.25) is 9.59 Å². The molecule has 2 heterocycles. The number of alkyl carbamates (subject to hydrolysis) is 1. The molecule has 414 valence electrons. The van der Waals surface area contributed by atoms with Crippen molar-refractivity contribution in [3.8, 4) is 0 Å². The van der Waals surface area contributed by atoms with E-state index in [0.29, 0.717) is 42.5 Å². The Morgan fingerprint density at radius 1 is 0.658 bits per heavy atom. The molecule has 0 radical (unpaired) electrons. The molecule has 5 amide bonds. The van der Waals surface area contributed by atoms with Crippen LogP contribution in [0, 0.1) is 11.8 Å². The number of carboxylic acid groups (broad SMARTS) is 1. The molecule has 4 aromatic rings. The van der Waals surface area contributed by atoms with E-state index < -0.39 is 36.1 Å². The molecule has 2 aliphatic heterocycles. The third kappa shape index (κ3) is 21.2. The van der Waals surface area contributed by atoms with Gasteiger partial charge in [0.25, 0.3) is 11.8 Å². The van der Waals surface area contributed by atoms with Gasteiger partial charge in [-0.25, -0.2) is 14.4 Å². The predicted octanol–water partition coefficient (Wildman–Crippen LogP) is 8.13. The van der Waals surface area contributed by atoms with Crippen molar-refractivity contribution in [1.29, 1.82) is 0 Å². The van der Waals surface area contributed by atoms with Crippen molar-refractivity contribution >= 4 is 30.1 Å². The molecule has 6 rings (SSSR count). The van der Waals surface area contributed by atoms with Crippen LogP contribution in [0.5, 0.6) is 0 Å². The fourth-order valence-corrected chi connectivity index (χ4v) is 9.02. The normalized spacial score (nSPS) is 17.0. The van der Waals surface area contributed by atoms with E-state index in [0.717, 1.165) is 74.2 Å². The summed E-state index contributed by atoms with van der Waals surface area (Å²) in [5.74, 6) is 0.428. The first kappa shape index (κ1) is 60.3. The summed E-state index contributed by atoms with van der Waals surface area (Å²) >= 11 is 0. The molecule has 0 bridgehead atoms. The number of nitrogens with one attached hydrogen (secondary N) is 5. The van der Waals surface area contributed by atoms with Gasteiger partial charge in [0.15, 0.2) is 0 Å². The molecule has 2 saturated heterocycles. The quantitative estimate of drug-likeness (QED) is 0.0365. The highest BCUT2D eigenvalue weighted by molar-refractivity contribution is 5.95. The van der Waals surface area contributed by atoms with Crippen LogP contribution in [0.4, 0.5) is 14.4 Å². The maximum absolute atomic E-state index is 13.4. The number of likely N-dealkylation sites (N-methyl/N-ethyl adjacent to an activating group) is 2. The topological polar surface area (TPSA) is 224 Å². The van der Waals surface area contributed by atoms with Crippen LogP contribution >= 0.6 is 0 Å². The summed E-state index contributed by atoms with van der Waals surface area (Å²) in [7, 11) is 4.94. The second-order valence-electron chi connectivity index (χ2n) is 20.0. The number of hydrogen-bond acceptors (Lipinski definition) is 12. The first-order chi connectivity index (χ1) is 36.6. The number of ether oxygens (including phenoxy) is 6. The van der Waals surface area contributed by atoms with Gasteiger partial charge in [0.1, 0.15) is 17.8 Å². The van der Waals surface area contributed by atoms with Crippen molar-refractivity contribution in [3.63, 3.8) is 0 Å². The van der Waals surface area contributed by atoms with Crippen molar-refractivity contribution in [3.05, 3.63) is 143 Å². The molecule has 4 aromatic carbocycles. The second-order valence-corrected chi connectivity index (χ2v) is 20.0. The minimum atomic E-state index is -1.09. The molecule has 18 nitrogen and oxygen atoms in total. The van der Waals surface area contributed by atoms with Crippen LogP contribution in [0.15, 0.2) is 109 Å². The maximum Gasteiger partial charge on any atom is 0.410 e. The molecule has 2 fully saturated rings. The highest BCUT2D eigenvalue weighted by atomic mass is 16.6. The van der Waals surface area contributed by atoms with Gasteiger partial charge < -0.3 is 65.0 Å². The molecule has 76 heavy (non-hydrogen) atoms. The van der Waals surface area contributed by atoms with E-state index in [1.165, 1.54) is 7.11 Å². The predicted molar refractivity (Wildman–Crippen MR) is 289 cm³/mol. The lowest BCUT2D eigenvalue weighted by atomic mass is 9.93. The average Bonchev–Trinajstić information content (AvgIpc) is 3.43. The largest absolute Gasteiger partial charge is 0.465 e. The smallest absolute Gasteiger partial charge is 0.410 e. The number of methoxy groups -OCH3 is 1. The molecule has 2 aliphatic rings. The Bertz CT molecular complexity index is 2380. The molecular weight excluding hydrogens is 973 g/mol. The van der Waals surface area contributed by atoms with Gasteiger partial charge in [-0.15, -0.1) is 0 Å². The maximum atomic E-state index is 13.4. The third-order valence-corrected chi connectivity index (χ3v) is 13.0. The van der Waals surface area contributed by atoms with Gasteiger partial charge in [0.05, 0.1) is 26.4 Å². The number of benzene rings is 4. The molecule has 0 spiro atoms. The molecule has 0 saturated carbocycles. The van der Waals surface area contributed by atoms with Crippen LogP contribution in [0.2, 0.25) is 0 Å². The summed E-state index contributed by atoms with van der Waals surface area (Å²) < 4.78 is 33.6. The van der Waals surface area contributed by atoms with E-state index in [2.05, 4.69) is 31.3 Å². The van der Waals surface area contributed by atoms with Crippen molar-refractivity contribution in [2.75, 3.05) is 87.0 Å². The number of nitrogens with zero attached hydrogens (tertiary/aromatic N) is 1. The zero-order valence-electron chi connectivity index (χ0n) is 45.1. The molecule has 0 aliphatic carbocycles. The zero-order valence-corrected chi connectivity index (χ0v) is 45.1. The molecule has 18 heteroatoms. The first-order valence-electron chi connectivity index (χ1n) is 26.3. The monoisotopic (exact) mass is 1050 g/mol. The fraction of sp³-hybridized carbons (Fsp3) is 0.500. The lowest BCUT2D eigenvalue weighted by molar-refractivity contribution is 0.0112. The second kappa shape index (κ2) is 32.1. The highest BCUT2D eigenvalue weighted by Crippen LogP contribution is 2.29. The van der Waals surface area contributed by atoms with Gasteiger partial charge >= 0.3 is 18.3 Å². The summed E-state index contributed by atoms with van der Waals surface area (Å²) in [5, 5.41) is 23.1. The average molecular weight is 1050 g/mol. The number of rotatable bonds is 24. The van der Waals surface area contributed by atoms with Gasteiger partial charge in [-0.2, -0.15) is 0 Å². The Labute approximate surface area is 448 Å². The lowest BCUT2D eigenvalue weighted by Crippen LogP contribution is -2.48. The fourth-order valence-electron chi connectivity index (χ4n) is 9.02. The lowest BCUT2D eigenvalue weighted by Gasteiger charge is -2.34. The van der Waals surface area contributed by atoms with Crippen LogP contribution in [0.25, 0.3) is 0 Å². The van der Waals surface area contributed by atoms with Gasteiger partial charge in [0, 0.05) is 76.8 Å². The van der Waals surface area contributed by atoms with Crippen LogP contribution in [-0.4, -0.2) is 145 Å². The Hall–Kier alpha value is -6.57.